The highest BCUT2D eigenvalue weighted by Crippen LogP contribution is 2.20. The number of hydrogen-bond acceptors (Lipinski definition) is 5. The van der Waals surface area contributed by atoms with Gasteiger partial charge < -0.3 is 9.30 Å². The molecule has 0 N–H and O–H groups in total. The maximum atomic E-state index is 12.3. The van der Waals surface area contributed by atoms with E-state index in [-0.39, 0.29) is 16.6 Å². The summed E-state index contributed by atoms with van der Waals surface area (Å²) < 4.78 is 6.23. The Kier molecular flexibility index (Phi) is 3.27. The summed E-state index contributed by atoms with van der Waals surface area (Å²) in [7, 11) is 2.86. The molecule has 0 radical (unpaired) electrons. The van der Waals surface area contributed by atoms with Gasteiger partial charge in [-0.05, 0) is 13.0 Å². The number of benzene rings is 1. The maximum absolute atomic E-state index is 12.3. The van der Waals surface area contributed by atoms with Gasteiger partial charge in [0, 0.05) is 24.9 Å². The Morgan fingerprint density at radius 3 is 2.60 bits per heavy atom. The van der Waals surface area contributed by atoms with Gasteiger partial charge in [-0.3, -0.25) is 14.9 Å². The predicted molar refractivity (Wildman–Crippen MR) is 71.9 cm³/mol. The molecule has 20 heavy (non-hydrogen) atoms. The molecule has 0 saturated carbocycles. The molecule has 0 aliphatic rings. The maximum Gasteiger partial charge on any atom is 0.343 e. The number of ether oxygens (including phenoxy) is 1. The van der Waals surface area contributed by atoms with Crippen molar-refractivity contribution in [2.24, 2.45) is 7.05 Å². The van der Waals surface area contributed by atoms with Gasteiger partial charge >= 0.3 is 5.97 Å². The normalized spacial score (nSPS) is 10.6. The largest absolute Gasteiger partial charge is 0.465 e. The van der Waals surface area contributed by atoms with E-state index in [4.69, 9.17) is 0 Å². The number of non-ortho nitro benzene ring substituents is 1. The number of rotatable bonds is 2. The first-order chi connectivity index (χ1) is 9.38. The molecule has 104 valence electrons. The van der Waals surface area contributed by atoms with E-state index in [2.05, 4.69) is 4.74 Å². The van der Waals surface area contributed by atoms with E-state index in [0.29, 0.717) is 11.2 Å². The van der Waals surface area contributed by atoms with Crippen LogP contribution in [0.5, 0.6) is 0 Å². The number of nitro groups is 1. The van der Waals surface area contributed by atoms with E-state index in [1.165, 1.54) is 25.3 Å². The minimum atomic E-state index is -0.753. The van der Waals surface area contributed by atoms with Crippen molar-refractivity contribution in [1.82, 2.24) is 4.57 Å². The summed E-state index contributed by atoms with van der Waals surface area (Å²) in [5.41, 5.74) is 0.0948. The van der Waals surface area contributed by atoms with Gasteiger partial charge in [-0.1, -0.05) is 0 Å². The van der Waals surface area contributed by atoms with Gasteiger partial charge in [-0.25, -0.2) is 4.79 Å². The summed E-state index contributed by atoms with van der Waals surface area (Å²) in [5.74, 6) is -0.753. The van der Waals surface area contributed by atoms with Crippen LogP contribution in [0, 0.1) is 17.0 Å². The lowest BCUT2D eigenvalue weighted by molar-refractivity contribution is -0.384. The molecule has 0 fully saturated rings. The molecular weight excluding hydrogens is 264 g/mol. The lowest BCUT2D eigenvalue weighted by Crippen LogP contribution is -2.22. The van der Waals surface area contributed by atoms with E-state index >= 15 is 0 Å². The number of nitrogens with zero attached hydrogens (tertiary/aromatic N) is 2. The van der Waals surface area contributed by atoms with Gasteiger partial charge in [0.25, 0.3) is 5.69 Å². The van der Waals surface area contributed by atoms with Gasteiger partial charge in [0.15, 0.2) is 0 Å². The highest BCUT2D eigenvalue weighted by atomic mass is 16.6. The lowest BCUT2D eigenvalue weighted by atomic mass is 10.1. The third-order valence-electron chi connectivity index (χ3n) is 3.28. The topological polar surface area (TPSA) is 91.4 Å². The van der Waals surface area contributed by atoms with Crippen molar-refractivity contribution in [1.29, 1.82) is 0 Å². The molecule has 0 amide bonds. The van der Waals surface area contributed by atoms with Gasteiger partial charge in [0.05, 0.1) is 22.9 Å². The predicted octanol–water partition coefficient (Wildman–Crippen LogP) is 1.54. The fourth-order valence-corrected chi connectivity index (χ4v) is 2.10. The van der Waals surface area contributed by atoms with Gasteiger partial charge in [0.1, 0.15) is 5.56 Å². The number of carbonyl (C=O) groups excluding carboxylic acids is 1. The molecule has 1 aromatic carbocycles. The number of fused-ring (bicyclic) bond motifs is 1. The number of nitro benzene ring substituents is 1. The smallest absolute Gasteiger partial charge is 0.343 e. The van der Waals surface area contributed by atoms with Crippen LogP contribution in [0.3, 0.4) is 0 Å². The van der Waals surface area contributed by atoms with Gasteiger partial charge in [-0.2, -0.15) is 0 Å². The molecule has 0 atom stereocenters. The molecule has 1 aromatic heterocycles. The second-order valence-electron chi connectivity index (χ2n) is 4.30. The standard InChI is InChI=1S/C13H12N2O5/c1-7-11(13(17)20-3)12(16)9-6-8(15(18)19)4-5-10(9)14(7)2/h4-6H,1-3H3. The van der Waals surface area contributed by atoms with Crippen molar-refractivity contribution in [2.45, 2.75) is 6.92 Å². The summed E-state index contributed by atoms with van der Waals surface area (Å²) in [6.45, 7) is 1.62. The molecule has 0 spiro atoms. The van der Waals surface area contributed by atoms with E-state index in [0.717, 1.165) is 0 Å². The molecule has 0 saturated heterocycles. The van der Waals surface area contributed by atoms with Crippen LogP contribution >= 0.6 is 0 Å². The van der Waals surface area contributed by atoms with Crippen molar-refractivity contribution >= 4 is 22.6 Å². The first-order valence-electron chi connectivity index (χ1n) is 5.74. The number of aryl methyl sites for hydroxylation is 1. The average molecular weight is 276 g/mol. The fourth-order valence-electron chi connectivity index (χ4n) is 2.10. The molecule has 2 rings (SSSR count). The minimum Gasteiger partial charge on any atom is -0.465 e. The zero-order valence-electron chi connectivity index (χ0n) is 11.2. The molecule has 7 nitrogen and oxygen atoms in total. The van der Waals surface area contributed by atoms with Crippen molar-refractivity contribution in [3.8, 4) is 0 Å². The summed E-state index contributed by atoms with van der Waals surface area (Å²) in [6.07, 6.45) is 0. The minimum absolute atomic E-state index is 0.108. The van der Waals surface area contributed by atoms with Crippen LogP contribution in [0.25, 0.3) is 10.9 Å². The molecule has 2 aromatic rings. The summed E-state index contributed by atoms with van der Waals surface area (Å²) in [5, 5.41) is 10.9. The Morgan fingerprint density at radius 1 is 1.40 bits per heavy atom. The molecule has 0 bridgehead atoms. The molecule has 1 heterocycles. The zero-order valence-corrected chi connectivity index (χ0v) is 11.2. The van der Waals surface area contributed by atoms with Crippen LogP contribution in [-0.4, -0.2) is 22.6 Å². The van der Waals surface area contributed by atoms with Crippen LogP contribution in [0.1, 0.15) is 16.1 Å². The number of carbonyl (C=O) groups is 1. The van der Waals surface area contributed by atoms with Crippen molar-refractivity contribution in [3.63, 3.8) is 0 Å². The summed E-state index contributed by atoms with van der Waals surface area (Å²) in [4.78, 5) is 34.2. The lowest BCUT2D eigenvalue weighted by Gasteiger charge is -2.12. The third-order valence-corrected chi connectivity index (χ3v) is 3.28. The quantitative estimate of drug-likeness (QED) is 0.471. The number of esters is 1. The Labute approximate surface area is 113 Å². The monoisotopic (exact) mass is 276 g/mol. The van der Waals surface area contributed by atoms with Crippen LogP contribution in [0.4, 0.5) is 5.69 Å². The van der Waals surface area contributed by atoms with Crippen LogP contribution < -0.4 is 5.43 Å². The van der Waals surface area contributed by atoms with Crippen LogP contribution in [0.15, 0.2) is 23.0 Å². The zero-order chi connectivity index (χ0) is 15.0. The van der Waals surface area contributed by atoms with Crippen LogP contribution in [-0.2, 0) is 11.8 Å². The Hall–Kier alpha value is -2.70. The third kappa shape index (κ3) is 1.93. The second kappa shape index (κ2) is 4.76. The van der Waals surface area contributed by atoms with E-state index in [1.54, 1.807) is 18.5 Å². The van der Waals surface area contributed by atoms with E-state index < -0.39 is 16.3 Å². The van der Waals surface area contributed by atoms with Crippen molar-refractivity contribution in [3.05, 3.63) is 49.8 Å². The highest BCUT2D eigenvalue weighted by molar-refractivity contribution is 5.95. The fraction of sp³-hybridized carbons (Fsp3) is 0.231. The summed E-state index contributed by atoms with van der Waals surface area (Å²) >= 11 is 0. The Bertz CT molecular complexity index is 791. The van der Waals surface area contributed by atoms with Crippen LogP contribution in [0.2, 0.25) is 0 Å². The first kappa shape index (κ1) is 13.7. The van der Waals surface area contributed by atoms with Crippen molar-refractivity contribution < 1.29 is 14.5 Å². The number of aromatic nitrogens is 1. The number of hydrogen-bond donors (Lipinski definition) is 0. The Balaban J connectivity index is 2.95. The second-order valence-corrected chi connectivity index (χ2v) is 4.30. The summed E-state index contributed by atoms with van der Waals surface area (Å²) in [6, 6.07) is 3.98. The molecule has 7 heteroatoms. The van der Waals surface area contributed by atoms with Gasteiger partial charge in [0.2, 0.25) is 5.43 Å². The van der Waals surface area contributed by atoms with Crippen molar-refractivity contribution in [2.75, 3.05) is 7.11 Å². The molecule has 0 aliphatic carbocycles. The molecule has 0 unspecified atom stereocenters. The SMILES string of the molecule is COC(=O)c1c(C)n(C)c2ccc([N+](=O)[O-])cc2c1=O. The van der Waals surface area contributed by atoms with E-state index in [9.17, 15) is 19.7 Å². The number of pyridine rings is 1. The molecular formula is C13H12N2O5. The Morgan fingerprint density at radius 2 is 2.05 bits per heavy atom. The van der Waals surface area contributed by atoms with Gasteiger partial charge in [-0.15, -0.1) is 0 Å². The molecule has 0 aliphatic heterocycles. The average Bonchev–Trinajstić information content (AvgIpc) is 2.44. The highest BCUT2D eigenvalue weighted by Gasteiger charge is 2.20. The van der Waals surface area contributed by atoms with E-state index in [1.807, 2.05) is 0 Å². The number of methoxy groups -OCH3 is 1. The first-order valence-corrected chi connectivity index (χ1v) is 5.74.